The van der Waals surface area contributed by atoms with Crippen molar-refractivity contribution in [1.29, 1.82) is 0 Å². The smallest absolute Gasteiger partial charge is 0.238 e. The molecule has 2 heterocycles. The van der Waals surface area contributed by atoms with Crippen LogP contribution in [-0.2, 0) is 6.54 Å². The minimum atomic E-state index is 0.342. The molecule has 4 nitrogen and oxygen atoms in total. The van der Waals surface area contributed by atoms with Gasteiger partial charge in [-0.05, 0) is 35.9 Å². The maximum atomic E-state index is 6.23. The second kappa shape index (κ2) is 5.45. The van der Waals surface area contributed by atoms with Gasteiger partial charge < -0.3 is 10.5 Å². The first-order valence-electron chi connectivity index (χ1n) is 6.14. The van der Waals surface area contributed by atoms with E-state index in [2.05, 4.69) is 9.97 Å². The van der Waals surface area contributed by atoms with Crippen molar-refractivity contribution in [3.63, 3.8) is 0 Å². The van der Waals surface area contributed by atoms with Crippen molar-refractivity contribution in [2.75, 3.05) is 0 Å². The molecule has 20 heavy (non-hydrogen) atoms. The Morgan fingerprint density at radius 3 is 2.80 bits per heavy atom. The second-order valence-corrected chi connectivity index (χ2v) is 4.60. The highest BCUT2D eigenvalue weighted by molar-refractivity contribution is 6.32. The van der Waals surface area contributed by atoms with Gasteiger partial charge in [0.25, 0.3) is 0 Å². The van der Waals surface area contributed by atoms with Crippen LogP contribution in [0.5, 0.6) is 11.6 Å². The highest BCUT2D eigenvalue weighted by atomic mass is 35.5. The lowest BCUT2D eigenvalue weighted by molar-refractivity contribution is 0.467. The van der Waals surface area contributed by atoms with Crippen molar-refractivity contribution < 1.29 is 4.74 Å². The van der Waals surface area contributed by atoms with E-state index in [1.165, 1.54) is 0 Å². The summed E-state index contributed by atoms with van der Waals surface area (Å²) >= 11 is 6.23. The summed E-state index contributed by atoms with van der Waals surface area (Å²) in [5, 5.41) is 1.35. The zero-order valence-corrected chi connectivity index (χ0v) is 11.3. The van der Waals surface area contributed by atoms with E-state index in [1.807, 2.05) is 30.3 Å². The molecule has 0 aliphatic heterocycles. The minimum Gasteiger partial charge on any atom is -0.437 e. The lowest BCUT2D eigenvalue weighted by Gasteiger charge is -2.10. The Hall–Kier alpha value is -2.17. The number of ether oxygens (including phenoxy) is 1. The summed E-state index contributed by atoms with van der Waals surface area (Å²) in [5.41, 5.74) is 7.28. The van der Waals surface area contributed by atoms with Gasteiger partial charge in [0, 0.05) is 24.3 Å². The Morgan fingerprint density at radius 2 is 1.95 bits per heavy atom. The van der Waals surface area contributed by atoms with Gasteiger partial charge in [-0.3, -0.25) is 4.98 Å². The topological polar surface area (TPSA) is 61.0 Å². The van der Waals surface area contributed by atoms with Crippen molar-refractivity contribution in [2.45, 2.75) is 6.54 Å². The molecule has 0 fully saturated rings. The third-order valence-electron chi connectivity index (χ3n) is 2.97. The number of aromatic nitrogens is 2. The monoisotopic (exact) mass is 285 g/mol. The molecule has 3 rings (SSSR count). The van der Waals surface area contributed by atoms with Crippen molar-refractivity contribution in [2.24, 2.45) is 5.73 Å². The highest BCUT2D eigenvalue weighted by Gasteiger charge is 2.10. The first-order valence-corrected chi connectivity index (χ1v) is 6.52. The van der Waals surface area contributed by atoms with E-state index in [-0.39, 0.29) is 0 Å². The number of rotatable bonds is 3. The molecule has 0 aliphatic rings. The molecule has 0 aliphatic carbocycles. The van der Waals surface area contributed by atoms with Crippen LogP contribution in [0.15, 0.2) is 48.8 Å². The van der Waals surface area contributed by atoms with Crippen LogP contribution in [0.4, 0.5) is 0 Å². The van der Waals surface area contributed by atoms with Crippen LogP contribution in [0.1, 0.15) is 5.56 Å². The number of nitrogens with two attached hydrogens (primary N) is 1. The average molecular weight is 286 g/mol. The van der Waals surface area contributed by atoms with Crippen LogP contribution in [0.25, 0.3) is 10.9 Å². The van der Waals surface area contributed by atoms with Crippen LogP contribution in [0, 0.1) is 0 Å². The molecule has 2 N–H and O–H groups in total. The van der Waals surface area contributed by atoms with E-state index < -0.39 is 0 Å². The maximum Gasteiger partial charge on any atom is 0.238 e. The predicted octanol–water partition coefficient (Wildman–Crippen LogP) is 3.53. The fourth-order valence-electron chi connectivity index (χ4n) is 1.96. The molecule has 0 saturated carbocycles. The van der Waals surface area contributed by atoms with Crippen molar-refractivity contribution >= 4 is 22.5 Å². The van der Waals surface area contributed by atoms with Gasteiger partial charge in [-0.1, -0.05) is 17.7 Å². The van der Waals surface area contributed by atoms with E-state index in [4.69, 9.17) is 22.1 Å². The van der Waals surface area contributed by atoms with E-state index >= 15 is 0 Å². The van der Waals surface area contributed by atoms with E-state index in [9.17, 15) is 0 Å². The number of hydrogen-bond donors (Lipinski definition) is 1. The first-order chi connectivity index (χ1) is 9.79. The SMILES string of the molecule is NCc1ccnc(Oc2cccc3ncccc23)c1Cl. The first kappa shape index (κ1) is 12.8. The third-order valence-corrected chi connectivity index (χ3v) is 3.37. The molecule has 3 aromatic rings. The van der Waals surface area contributed by atoms with Crippen LogP contribution >= 0.6 is 11.6 Å². The normalized spacial score (nSPS) is 10.7. The summed E-state index contributed by atoms with van der Waals surface area (Å²) in [7, 11) is 0. The quantitative estimate of drug-likeness (QED) is 0.799. The standard InChI is InChI=1S/C15H12ClN3O/c16-14-10(9-17)6-8-19-15(14)20-13-5-1-4-12-11(13)3-2-7-18-12/h1-8H,9,17H2. The molecule has 0 spiro atoms. The Kier molecular flexibility index (Phi) is 3.50. The van der Waals surface area contributed by atoms with Gasteiger partial charge in [-0.2, -0.15) is 0 Å². The number of fused-ring (bicyclic) bond motifs is 1. The summed E-state index contributed by atoms with van der Waals surface area (Å²) in [6, 6.07) is 11.2. The van der Waals surface area contributed by atoms with Crippen molar-refractivity contribution in [3.05, 3.63) is 59.4 Å². The summed E-state index contributed by atoms with van der Waals surface area (Å²) in [6.07, 6.45) is 3.37. The molecular formula is C15H12ClN3O. The number of hydrogen-bond acceptors (Lipinski definition) is 4. The number of nitrogens with zero attached hydrogens (tertiary/aromatic N) is 2. The Balaban J connectivity index is 2.06. The third kappa shape index (κ3) is 2.31. The summed E-state index contributed by atoms with van der Waals surface area (Å²) in [6.45, 7) is 0.342. The van der Waals surface area contributed by atoms with Crippen LogP contribution in [0.3, 0.4) is 0 Å². The fraction of sp³-hybridized carbons (Fsp3) is 0.0667. The minimum absolute atomic E-state index is 0.342. The molecular weight excluding hydrogens is 274 g/mol. The van der Waals surface area contributed by atoms with E-state index in [0.29, 0.717) is 23.2 Å². The van der Waals surface area contributed by atoms with Crippen molar-refractivity contribution in [1.82, 2.24) is 9.97 Å². The van der Waals surface area contributed by atoms with Gasteiger partial charge in [0.05, 0.1) is 5.52 Å². The number of halogens is 1. The van der Waals surface area contributed by atoms with Gasteiger partial charge in [-0.15, -0.1) is 0 Å². The lowest BCUT2D eigenvalue weighted by atomic mass is 10.2. The summed E-state index contributed by atoms with van der Waals surface area (Å²) in [4.78, 5) is 8.45. The van der Waals surface area contributed by atoms with Crippen molar-refractivity contribution in [3.8, 4) is 11.6 Å². The van der Waals surface area contributed by atoms with Gasteiger partial charge in [0.2, 0.25) is 5.88 Å². The van der Waals surface area contributed by atoms with Crippen LogP contribution in [0.2, 0.25) is 5.02 Å². The van der Waals surface area contributed by atoms with Crippen LogP contribution in [-0.4, -0.2) is 9.97 Å². The Morgan fingerprint density at radius 1 is 1.05 bits per heavy atom. The summed E-state index contributed by atoms with van der Waals surface area (Å²) < 4.78 is 5.83. The predicted molar refractivity (Wildman–Crippen MR) is 79.0 cm³/mol. The van der Waals surface area contributed by atoms with Gasteiger partial charge in [0.15, 0.2) is 0 Å². The fourth-order valence-corrected chi connectivity index (χ4v) is 2.19. The maximum absolute atomic E-state index is 6.23. The average Bonchev–Trinajstić information content (AvgIpc) is 2.50. The molecule has 0 amide bonds. The number of benzene rings is 1. The van der Waals surface area contributed by atoms with Gasteiger partial charge in [0.1, 0.15) is 10.8 Å². The molecule has 0 bridgehead atoms. The molecule has 0 atom stereocenters. The molecule has 0 radical (unpaired) electrons. The molecule has 100 valence electrons. The summed E-state index contributed by atoms with van der Waals surface area (Å²) in [5.74, 6) is 1.02. The van der Waals surface area contributed by atoms with Crippen LogP contribution < -0.4 is 10.5 Å². The second-order valence-electron chi connectivity index (χ2n) is 4.22. The molecule has 5 heteroatoms. The highest BCUT2D eigenvalue weighted by Crippen LogP contribution is 2.33. The molecule has 0 unspecified atom stereocenters. The molecule has 2 aromatic heterocycles. The molecule has 0 saturated heterocycles. The Labute approximate surface area is 121 Å². The zero-order valence-electron chi connectivity index (χ0n) is 10.6. The largest absolute Gasteiger partial charge is 0.437 e. The zero-order chi connectivity index (χ0) is 13.9. The van der Waals surface area contributed by atoms with E-state index in [1.54, 1.807) is 18.5 Å². The Bertz CT molecular complexity index is 756. The van der Waals surface area contributed by atoms with Gasteiger partial charge in [-0.25, -0.2) is 4.98 Å². The van der Waals surface area contributed by atoms with Gasteiger partial charge >= 0.3 is 0 Å². The number of pyridine rings is 2. The lowest BCUT2D eigenvalue weighted by Crippen LogP contribution is -1.99. The van der Waals surface area contributed by atoms with E-state index in [0.717, 1.165) is 16.5 Å². The molecule has 1 aromatic carbocycles.